The van der Waals surface area contributed by atoms with Crippen molar-refractivity contribution in [2.75, 3.05) is 17.9 Å². The van der Waals surface area contributed by atoms with Gasteiger partial charge in [-0.05, 0) is 48.9 Å². The molecule has 2 atom stereocenters. The average molecular weight is 399 g/mol. The standard InChI is InChI=1S/C19H18FN5O2S/c1-11-22-23-19-25(11)24-16(12-3-9-15(27-2)10-4-12)17(28-19)18(26)21-14-7-5-13(20)6-8-14/h3-10,16-17,24H,1-2H3,(H,21,26)/t16-,17-/m1/s1. The summed E-state index contributed by atoms with van der Waals surface area (Å²) >= 11 is 1.33. The van der Waals surface area contributed by atoms with Gasteiger partial charge >= 0.3 is 0 Å². The minimum atomic E-state index is -0.505. The number of anilines is 1. The lowest BCUT2D eigenvalue weighted by atomic mass is 10.0. The van der Waals surface area contributed by atoms with E-state index in [0.717, 1.165) is 11.3 Å². The van der Waals surface area contributed by atoms with Gasteiger partial charge in [0, 0.05) is 5.69 Å². The second-order valence-corrected chi connectivity index (χ2v) is 7.39. The summed E-state index contributed by atoms with van der Waals surface area (Å²) in [5, 5.41) is 11.2. The highest BCUT2D eigenvalue weighted by molar-refractivity contribution is 8.00. The van der Waals surface area contributed by atoms with Crippen molar-refractivity contribution >= 4 is 23.4 Å². The van der Waals surface area contributed by atoms with Crippen molar-refractivity contribution in [3.8, 4) is 5.75 Å². The summed E-state index contributed by atoms with van der Waals surface area (Å²) in [4.78, 5) is 13.0. The van der Waals surface area contributed by atoms with E-state index in [-0.39, 0.29) is 17.8 Å². The van der Waals surface area contributed by atoms with Gasteiger partial charge in [0.05, 0.1) is 13.2 Å². The number of fused-ring (bicyclic) bond motifs is 1. The van der Waals surface area contributed by atoms with E-state index in [4.69, 9.17) is 4.74 Å². The number of hydrogen-bond acceptors (Lipinski definition) is 6. The number of ether oxygens (including phenoxy) is 1. The molecule has 0 saturated heterocycles. The maximum atomic E-state index is 13.1. The zero-order chi connectivity index (χ0) is 19.7. The van der Waals surface area contributed by atoms with Crippen molar-refractivity contribution in [2.24, 2.45) is 0 Å². The van der Waals surface area contributed by atoms with E-state index in [9.17, 15) is 9.18 Å². The highest BCUT2D eigenvalue weighted by atomic mass is 32.2. The normalized spacial score (nSPS) is 18.1. The Labute approximate surface area is 165 Å². The van der Waals surface area contributed by atoms with Crippen LogP contribution in [0.5, 0.6) is 5.75 Å². The number of carbonyl (C=O) groups excluding carboxylic acids is 1. The van der Waals surface area contributed by atoms with Gasteiger partial charge in [0.25, 0.3) is 0 Å². The Morgan fingerprint density at radius 2 is 1.89 bits per heavy atom. The van der Waals surface area contributed by atoms with E-state index in [1.165, 1.54) is 36.0 Å². The maximum absolute atomic E-state index is 13.1. The molecular weight excluding hydrogens is 381 g/mol. The molecule has 28 heavy (non-hydrogen) atoms. The van der Waals surface area contributed by atoms with Crippen LogP contribution in [-0.2, 0) is 4.79 Å². The minimum absolute atomic E-state index is 0.211. The van der Waals surface area contributed by atoms with E-state index in [1.807, 2.05) is 31.2 Å². The molecule has 1 aliphatic heterocycles. The Kier molecular flexibility index (Phi) is 4.91. The summed E-state index contributed by atoms with van der Waals surface area (Å²) in [6, 6.07) is 12.9. The quantitative estimate of drug-likeness (QED) is 0.702. The smallest absolute Gasteiger partial charge is 0.240 e. The summed E-state index contributed by atoms with van der Waals surface area (Å²) in [6.45, 7) is 1.84. The topological polar surface area (TPSA) is 81.1 Å². The average Bonchev–Trinajstić information content (AvgIpc) is 3.09. The Morgan fingerprint density at radius 1 is 1.18 bits per heavy atom. The SMILES string of the molecule is COc1ccc([C@H]2Nn3c(C)nnc3S[C@H]2C(=O)Nc2ccc(F)cc2)cc1. The summed E-state index contributed by atoms with van der Waals surface area (Å²) in [7, 11) is 1.61. The van der Waals surface area contributed by atoms with Crippen molar-refractivity contribution < 1.29 is 13.9 Å². The van der Waals surface area contributed by atoms with Crippen LogP contribution in [0.25, 0.3) is 0 Å². The molecule has 0 fully saturated rings. The number of thioether (sulfide) groups is 1. The highest BCUT2D eigenvalue weighted by Gasteiger charge is 2.37. The largest absolute Gasteiger partial charge is 0.497 e. The number of aryl methyl sites for hydroxylation is 1. The summed E-state index contributed by atoms with van der Waals surface area (Å²) in [5.74, 6) is 0.877. The molecule has 0 radical (unpaired) electrons. The summed E-state index contributed by atoms with van der Waals surface area (Å²) in [5.41, 5.74) is 4.79. The zero-order valence-corrected chi connectivity index (χ0v) is 16.0. The fraction of sp³-hybridized carbons (Fsp3) is 0.211. The number of amides is 1. The number of hydrogen-bond donors (Lipinski definition) is 2. The lowest BCUT2D eigenvalue weighted by molar-refractivity contribution is -0.116. The van der Waals surface area contributed by atoms with E-state index in [1.54, 1.807) is 11.8 Å². The van der Waals surface area contributed by atoms with Crippen LogP contribution >= 0.6 is 11.8 Å². The minimum Gasteiger partial charge on any atom is -0.497 e. The lowest BCUT2D eigenvalue weighted by Gasteiger charge is -2.32. The molecule has 2 heterocycles. The Morgan fingerprint density at radius 3 is 2.57 bits per heavy atom. The first-order valence-electron chi connectivity index (χ1n) is 8.61. The first-order chi connectivity index (χ1) is 13.5. The number of carbonyl (C=O) groups is 1. The van der Waals surface area contributed by atoms with Crippen molar-refractivity contribution in [3.63, 3.8) is 0 Å². The van der Waals surface area contributed by atoms with Gasteiger partial charge in [-0.1, -0.05) is 23.9 Å². The number of rotatable bonds is 4. The van der Waals surface area contributed by atoms with Gasteiger partial charge in [0.15, 0.2) is 0 Å². The predicted molar refractivity (Wildman–Crippen MR) is 105 cm³/mol. The Bertz CT molecular complexity index is 991. The highest BCUT2D eigenvalue weighted by Crippen LogP contribution is 2.37. The number of aromatic nitrogens is 3. The molecule has 1 aliphatic rings. The molecule has 7 nitrogen and oxygen atoms in total. The third-order valence-corrected chi connectivity index (χ3v) is 5.66. The predicted octanol–water partition coefficient (Wildman–Crippen LogP) is 3.13. The third-order valence-electron chi connectivity index (χ3n) is 4.44. The maximum Gasteiger partial charge on any atom is 0.240 e. The molecule has 144 valence electrons. The molecule has 2 N–H and O–H groups in total. The molecule has 4 rings (SSSR count). The van der Waals surface area contributed by atoms with E-state index < -0.39 is 5.25 Å². The number of nitrogens with zero attached hydrogens (tertiary/aromatic N) is 3. The van der Waals surface area contributed by atoms with Crippen molar-refractivity contribution in [2.45, 2.75) is 23.4 Å². The van der Waals surface area contributed by atoms with E-state index >= 15 is 0 Å². The Balaban J connectivity index is 1.64. The van der Waals surface area contributed by atoms with Crippen LogP contribution in [-0.4, -0.2) is 33.1 Å². The summed E-state index contributed by atoms with van der Waals surface area (Å²) < 4.78 is 20.1. The molecule has 1 aromatic heterocycles. The van der Waals surface area contributed by atoms with Crippen LogP contribution in [0, 0.1) is 12.7 Å². The summed E-state index contributed by atoms with van der Waals surface area (Å²) in [6.07, 6.45) is 0. The third kappa shape index (κ3) is 3.53. The van der Waals surface area contributed by atoms with Gasteiger partial charge in [-0.15, -0.1) is 10.2 Å². The zero-order valence-electron chi connectivity index (χ0n) is 15.2. The molecule has 1 amide bonds. The number of methoxy groups -OCH3 is 1. The van der Waals surface area contributed by atoms with Crippen LogP contribution < -0.4 is 15.5 Å². The van der Waals surface area contributed by atoms with Gasteiger partial charge in [-0.25, -0.2) is 9.07 Å². The van der Waals surface area contributed by atoms with Gasteiger partial charge < -0.3 is 15.5 Å². The molecular formula is C19H18FN5O2S. The van der Waals surface area contributed by atoms with Crippen LogP contribution in [0.1, 0.15) is 17.4 Å². The number of benzene rings is 2. The van der Waals surface area contributed by atoms with Crippen molar-refractivity contribution in [1.82, 2.24) is 14.9 Å². The molecule has 0 spiro atoms. The molecule has 0 bridgehead atoms. The first kappa shape index (κ1) is 18.3. The van der Waals surface area contributed by atoms with Crippen molar-refractivity contribution in [3.05, 3.63) is 65.7 Å². The fourth-order valence-corrected chi connectivity index (χ4v) is 4.09. The van der Waals surface area contributed by atoms with Gasteiger partial charge in [0.2, 0.25) is 11.1 Å². The second-order valence-electron chi connectivity index (χ2n) is 6.28. The molecule has 0 aliphatic carbocycles. The van der Waals surface area contributed by atoms with Crippen LogP contribution in [0.3, 0.4) is 0 Å². The van der Waals surface area contributed by atoms with Crippen LogP contribution in [0.15, 0.2) is 53.7 Å². The van der Waals surface area contributed by atoms with Crippen LogP contribution in [0.4, 0.5) is 10.1 Å². The van der Waals surface area contributed by atoms with Gasteiger partial charge in [-0.2, -0.15) is 0 Å². The first-order valence-corrected chi connectivity index (χ1v) is 9.49. The second kappa shape index (κ2) is 7.51. The molecule has 2 aromatic carbocycles. The van der Waals surface area contributed by atoms with E-state index in [0.29, 0.717) is 16.7 Å². The number of nitrogens with one attached hydrogen (secondary N) is 2. The monoisotopic (exact) mass is 399 g/mol. The van der Waals surface area contributed by atoms with Crippen molar-refractivity contribution in [1.29, 1.82) is 0 Å². The molecule has 3 aromatic rings. The lowest BCUT2D eigenvalue weighted by Crippen LogP contribution is -2.41. The Hall–Kier alpha value is -3.07. The molecule has 9 heteroatoms. The molecule has 0 unspecified atom stereocenters. The molecule has 0 saturated carbocycles. The van der Waals surface area contributed by atoms with Crippen LogP contribution in [0.2, 0.25) is 0 Å². The fourth-order valence-electron chi connectivity index (χ4n) is 2.97. The van der Waals surface area contributed by atoms with E-state index in [2.05, 4.69) is 20.9 Å². The number of halogens is 1. The van der Waals surface area contributed by atoms with Gasteiger partial charge in [-0.3, -0.25) is 4.79 Å². The van der Waals surface area contributed by atoms with Gasteiger partial charge in [0.1, 0.15) is 22.6 Å².